The molecule has 1 atom stereocenters. The summed E-state index contributed by atoms with van der Waals surface area (Å²) in [6.07, 6.45) is 2.23. The molecule has 11 heavy (non-hydrogen) atoms. The molecule has 0 spiro atoms. The quantitative estimate of drug-likeness (QED) is 0.383. The first-order chi connectivity index (χ1) is 4.48. The van der Waals surface area contributed by atoms with E-state index in [4.69, 9.17) is 0 Å². The van der Waals surface area contributed by atoms with Gasteiger partial charge in [-0.1, -0.05) is 19.8 Å². The van der Waals surface area contributed by atoms with Crippen LogP contribution >= 0.6 is 0 Å². The molecule has 0 saturated carbocycles. The van der Waals surface area contributed by atoms with Crippen molar-refractivity contribution in [2.75, 3.05) is 0 Å². The fourth-order valence-electron chi connectivity index (χ4n) is 0.636. The molecule has 0 rings (SSSR count). The molecule has 3 nitrogen and oxygen atoms in total. The molecule has 0 saturated heterocycles. The third kappa shape index (κ3) is 7.28. The van der Waals surface area contributed by atoms with E-state index in [1.807, 2.05) is 6.92 Å². The average Bonchev–Trinajstić information content (AvgIpc) is 1.80. The fraction of sp³-hybridized carbons (Fsp3) is 1.00. The van der Waals surface area contributed by atoms with Gasteiger partial charge >= 0.3 is 29.6 Å². The molecule has 0 aromatic rings. The van der Waals surface area contributed by atoms with Crippen molar-refractivity contribution >= 4 is 10.1 Å². The number of unbranched alkanes of at least 4 members (excludes halogenated alkanes) is 1. The zero-order valence-corrected chi connectivity index (χ0v) is 10.1. The van der Waals surface area contributed by atoms with E-state index < -0.39 is 15.4 Å². The van der Waals surface area contributed by atoms with E-state index in [0.717, 1.165) is 12.8 Å². The van der Waals surface area contributed by atoms with Gasteiger partial charge in [0.15, 0.2) is 0 Å². The number of rotatable bonds is 4. The molecule has 5 heteroatoms. The van der Waals surface area contributed by atoms with E-state index in [1.54, 1.807) is 0 Å². The summed E-state index contributed by atoms with van der Waals surface area (Å²) in [7, 11) is -4.03. The smallest absolute Gasteiger partial charge is 0.748 e. The SMILES string of the molecule is CCCCC(C)S(=O)(=O)[O-].[Na+]. The van der Waals surface area contributed by atoms with Crippen LogP contribution < -0.4 is 29.6 Å². The predicted molar refractivity (Wildman–Crippen MR) is 38.7 cm³/mol. The molecule has 0 aromatic heterocycles. The molecule has 0 amide bonds. The Bertz CT molecular complexity index is 176. The molecule has 0 bridgehead atoms. The zero-order chi connectivity index (χ0) is 8.20. The van der Waals surface area contributed by atoms with Crippen LogP contribution in [-0.2, 0) is 10.1 Å². The Morgan fingerprint density at radius 1 is 1.45 bits per heavy atom. The largest absolute Gasteiger partial charge is 1.00 e. The van der Waals surface area contributed by atoms with Crippen LogP contribution in [0.25, 0.3) is 0 Å². The van der Waals surface area contributed by atoms with E-state index in [2.05, 4.69) is 0 Å². The summed E-state index contributed by atoms with van der Waals surface area (Å²) < 4.78 is 30.8. The van der Waals surface area contributed by atoms with Crippen molar-refractivity contribution in [2.24, 2.45) is 0 Å². The Morgan fingerprint density at radius 2 is 1.91 bits per heavy atom. The van der Waals surface area contributed by atoms with Crippen molar-refractivity contribution in [1.82, 2.24) is 0 Å². The Kier molecular flexibility index (Phi) is 8.44. The van der Waals surface area contributed by atoms with Crippen LogP contribution in [0.1, 0.15) is 33.1 Å². The maximum atomic E-state index is 10.3. The van der Waals surface area contributed by atoms with E-state index in [-0.39, 0.29) is 29.6 Å². The Hall–Kier alpha value is 0.910. The minimum Gasteiger partial charge on any atom is -0.748 e. The van der Waals surface area contributed by atoms with Crippen molar-refractivity contribution in [1.29, 1.82) is 0 Å². The van der Waals surface area contributed by atoms with E-state index in [1.165, 1.54) is 6.92 Å². The van der Waals surface area contributed by atoms with Gasteiger partial charge in [0.2, 0.25) is 0 Å². The van der Waals surface area contributed by atoms with Crippen LogP contribution in [-0.4, -0.2) is 18.2 Å². The molecular weight excluding hydrogens is 175 g/mol. The van der Waals surface area contributed by atoms with Crippen LogP contribution in [0, 0.1) is 0 Å². The van der Waals surface area contributed by atoms with Crippen LogP contribution in [0.15, 0.2) is 0 Å². The van der Waals surface area contributed by atoms with Gasteiger partial charge in [0.25, 0.3) is 0 Å². The zero-order valence-electron chi connectivity index (χ0n) is 7.33. The molecule has 0 aliphatic carbocycles. The van der Waals surface area contributed by atoms with Gasteiger partial charge in [-0.25, -0.2) is 8.42 Å². The summed E-state index contributed by atoms with van der Waals surface area (Å²) >= 11 is 0. The fourth-order valence-corrected chi connectivity index (χ4v) is 1.09. The number of hydrogen-bond acceptors (Lipinski definition) is 3. The molecular formula is C6H13NaO3S. The summed E-state index contributed by atoms with van der Waals surface area (Å²) in [5, 5.41) is -0.715. The van der Waals surface area contributed by atoms with Crippen molar-refractivity contribution in [2.45, 2.75) is 38.4 Å². The van der Waals surface area contributed by atoms with Crippen molar-refractivity contribution in [3.63, 3.8) is 0 Å². The summed E-state index contributed by atoms with van der Waals surface area (Å²) in [6, 6.07) is 0. The van der Waals surface area contributed by atoms with Crippen molar-refractivity contribution in [3.05, 3.63) is 0 Å². The van der Waals surface area contributed by atoms with Gasteiger partial charge in [-0.2, -0.15) is 0 Å². The molecule has 0 radical (unpaired) electrons. The second kappa shape index (κ2) is 6.43. The maximum Gasteiger partial charge on any atom is 1.00 e. The van der Waals surface area contributed by atoms with E-state index >= 15 is 0 Å². The molecule has 0 N–H and O–H groups in total. The minimum absolute atomic E-state index is 0. The molecule has 0 aliphatic rings. The third-order valence-corrected chi connectivity index (χ3v) is 2.68. The molecule has 1 unspecified atom stereocenters. The van der Waals surface area contributed by atoms with Gasteiger partial charge in [-0.05, 0) is 13.3 Å². The predicted octanol–water partition coefficient (Wildman–Crippen LogP) is -1.89. The van der Waals surface area contributed by atoms with Gasteiger partial charge in [-0.15, -0.1) is 0 Å². The molecule has 0 heterocycles. The summed E-state index contributed by atoms with van der Waals surface area (Å²) in [5.41, 5.74) is 0. The van der Waals surface area contributed by atoms with Gasteiger partial charge in [0.1, 0.15) is 0 Å². The summed E-state index contributed by atoms with van der Waals surface area (Å²) in [5.74, 6) is 0. The van der Waals surface area contributed by atoms with Crippen LogP contribution in [0.2, 0.25) is 0 Å². The first-order valence-electron chi connectivity index (χ1n) is 3.43. The molecule has 0 aliphatic heterocycles. The van der Waals surface area contributed by atoms with E-state index in [9.17, 15) is 13.0 Å². The Morgan fingerprint density at radius 3 is 2.18 bits per heavy atom. The molecule has 0 fully saturated rings. The van der Waals surface area contributed by atoms with Gasteiger partial charge in [0, 0.05) is 5.25 Å². The third-order valence-electron chi connectivity index (χ3n) is 1.46. The van der Waals surface area contributed by atoms with Gasteiger partial charge in [-0.3, -0.25) is 0 Å². The van der Waals surface area contributed by atoms with Crippen molar-refractivity contribution < 1.29 is 42.5 Å². The van der Waals surface area contributed by atoms with Gasteiger partial charge in [0.05, 0.1) is 10.1 Å². The van der Waals surface area contributed by atoms with Crippen LogP contribution in [0.3, 0.4) is 0 Å². The normalized spacial score (nSPS) is 13.7. The average molecular weight is 188 g/mol. The second-order valence-corrected chi connectivity index (χ2v) is 4.24. The summed E-state index contributed by atoms with van der Waals surface area (Å²) in [4.78, 5) is 0. The monoisotopic (exact) mass is 188 g/mol. The maximum absolute atomic E-state index is 10.3. The minimum atomic E-state index is -4.03. The standard InChI is InChI=1S/C6H14O3S.Na/c1-3-4-5-6(2)10(7,8)9;/h6H,3-5H2,1-2H3,(H,7,8,9);/q;+1/p-1. The second-order valence-electron chi connectivity index (χ2n) is 2.45. The Labute approximate surface area is 90.6 Å². The first kappa shape index (κ1) is 14.4. The summed E-state index contributed by atoms with van der Waals surface area (Å²) in [6.45, 7) is 3.42. The van der Waals surface area contributed by atoms with Crippen LogP contribution in [0.4, 0.5) is 0 Å². The van der Waals surface area contributed by atoms with Gasteiger partial charge < -0.3 is 4.55 Å². The van der Waals surface area contributed by atoms with Crippen LogP contribution in [0.5, 0.6) is 0 Å². The number of hydrogen-bond donors (Lipinski definition) is 0. The molecule has 0 aromatic carbocycles. The van der Waals surface area contributed by atoms with E-state index in [0.29, 0.717) is 6.42 Å². The topological polar surface area (TPSA) is 57.2 Å². The van der Waals surface area contributed by atoms with Crippen molar-refractivity contribution in [3.8, 4) is 0 Å². The first-order valence-corrected chi connectivity index (χ1v) is 4.90. The molecule has 62 valence electrons. The Balaban J connectivity index is 0.